The molecule has 0 bridgehead atoms. The average Bonchev–Trinajstić information content (AvgIpc) is 2.92. The summed E-state index contributed by atoms with van der Waals surface area (Å²) in [7, 11) is 0. The van der Waals surface area contributed by atoms with Gasteiger partial charge in [0.1, 0.15) is 0 Å². The van der Waals surface area contributed by atoms with Crippen molar-refractivity contribution in [1.29, 1.82) is 0 Å². The molecule has 4 heteroatoms. The van der Waals surface area contributed by atoms with Crippen LogP contribution in [0, 0.1) is 5.92 Å². The molecule has 0 saturated heterocycles. The molecule has 1 N–H and O–H groups in total. The third-order valence-corrected chi connectivity index (χ3v) is 7.67. The van der Waals surface area contributed by atoms with E-state index in [-0.39, 0.29) is 5.97 Å². The van der Waals surface area contributed by atoms with Crippen LogP contribution in [-0.2, 0) is 14.3 Å². The SMILES string of the molecule is CCCCCCCC(=O)OCCCCCCCCCCCCCCCC(C)C.CCCCCCCCCC(=O)O. The molecule has 0 aromatic carbocycles. The second kappa shape index (κ2) is 36.0. The second-order valence-electron chi connectivity index (χ2n) is 12.4. The summed E-state index contributed by atoms with van der Waals surface area (Å²) in [5, 5.41) is 8.35. The van der Waals surface area contributed by atoms with Crippen molar-refractivity contribution < 1.29 is 19.4 Å². The summed E-state index contributed by atoms with van der Waals surface area (Å²) in [5.41, 5.74) is 0. The van der Waals surface area contributed by atoms with E-state index < -0.39 is 5.97 Å². The Morgan fingerprint density at radius 1 is 0.500 bits per heavy atom. The largest absolute Gasteiger partial charge is 0.481 e. The van der Waals surface area contributed by atoms with Crippen LogP contribution in [0.2, 0.25) is 0 Å². The van der Waals surface area contributed by atoms with Crippen LogP contribution in [0.4, 0.5) is 0 Å². The van der Waals surface area contributed by atoms with Crippen molar-refractivity contribution in [2.24, 2.45) is 5.92 Å². The van der Waals surface area contributed by atoms with Crippen molar-refractivity contribution >= 4 is 11.9 Å². The highest BCUT2D eigenvalue weighted by Crippen LogP contribution is 2.14. The molecule has 4 nitrogen and oxygen atoms in total. The number of aliphatic carboxylic acids is 1. The number of esters is 1. The van der Waals surface area contributed by atoms with Crippen molar-refractivity contribution in [3.05, 3.63) is 0 Å². The van der Waals surface area contributed by atoms with Crippen LogP contribution in [0.5, 0.6) is 0 Å². The molecule has 0 aliphatic heterocycles. The van der Waals surface area contributed by atoms with Gasteiger partial charge in [0.2, 0.25) is 0 Å². The minimum atomic E-state index is -0.663. The number of carbonyl (C=O) groups excluding carboxylic acids is 1. The van der Waals surface area contributed by atoms with Crippen molar-refractivity contribution in [3.8, 4) is 0 Å². The first-order chi connectivity index (χ1) is 19.4. The van der Waals surface area contributed by atoms with Crippen molar-refractivity contribution in [2.75, 3.05) is 6.61 Å². The van der Waals surface area contributed by atoms with Gasteiger partial charge in [0, 0.05) is 12.8 Å². The number of unbranched alkanes of at least 4 members (excludes halogenated alkanes) is 22. The first-order valence-corrected chi connectivity index (χ1v) is 17.8. The van der Waals surface area contributed by atoms with Gasteiger partial charge in [-0.1, -0.05) is 175 Å². The Kier molecular flexibility index (Phi) is 36.9. The van der Waals surface area contributed by atoms with Crippen LogP contribution in [0.25, 0.3) is 0 Å². The van der Waals surface area contributed by atoms with Gasteiger partial charge in [-0.15, -0.1) is 0 Å². The molecule has 0 aromatic heterocycles. The van der Waals surface area contributed by atoms with E-state index in [1.54, 1.807) is 0 Å². The van der Waals surface area contributed by atoms with Gasteiger partial charge in [-0.2, -0.15) is 0 Å². The summed E-state index contributed by atoms with van der Waals surface area (Å²) in [5.74, 6) is 0.222. The lowest BCUT2D eigenvalue weighted by atomic mass is 10.0. The number of ether oxygens (including phenoxy) is 1. The zero-order valence-corrected chi connectivity index (χ0v) is 27.8. The third-order valence-electron chi connectivity index (χ3n) is 7.67. The standard InChI is InChI=1S/C26H52O2.C10H20O2/c1-4-5-6-16-20-23-26(27)28-24-21-18-15-13-11-9-7-8-10-12-14-17-19-22-25(2)3;1-2-3-4-5-6-7-8-9-10(11)12/h25H,4-24H2,1-3H3;2-9H2,1H3,(H,11,12). The highest BCUT2D eigenvalue weighted by Gasteiger charge is 2.02. The molecule has 0 fully saturated rings. The number of carboxylic acids is 1. The highest BCUT2D eigenvalue weighted by molar-refractivity contribution is 5.69. The molecule has 0 spiro atoms. The average molecular weight is 569 g/mol. The Hall–Kier alpha value is -1.06. The van der Waals surface area contributed by atoms with Gasteiger partial charge in [-0.05, 0) is 25.2 Å². The fraction of sp³-hybridized carbons (Fsp3) is 0.944. The Morgan fingerprint density at radius 3 is 1.25 bits per heavy atom. The maximum atomic E-state index is 11.6. The number of carbonyl (C=O) groups is 2. The zero-order chi connectivity index (χ0) is 29.9. The topological polar surface area (TPSA) is 63.6 Å². The minimum absolute atomic E-state index is 0.0106. The molecule has 0 aliphatic carbocycles. The van der Waals surface area contributed by atoms with Crippen LogP contribution in [-0.4, -0.2) is 23.7 Å². The van der Waals surface area contributed by atoms with Crippen LogP contribution < -0.4 is 0 Å². The quantitative estimate of drug-likeness (QED) is 0.0691. The van der Waals surface area contributed by atoms with Gasteiger partial charge in [-0.3, -0.25) is 9.59 Å². The summed E-state index contributed by atoms with van der Waals surface area (Å²) in [6.45, 7) is 9.69. The second-order valence-corrected chi connectivity index (χ2v) is 12.4. The van der Waals surface area contributed by atoms with Gasteiger partial charge in [0.15, 0.2) is 0 Å². The van der Waals surface area contributed by atoms with Gasteiger partial charge >= 0.3 is 11.9 Å². The number of hydrogen-bond acceptors (Lipinski definition) is 3. The smallest absolute Gasteiger partial charge is 0.305 e. The Bertz CT molecular complexity index is 503. The number of hydrogen-bond donors (Lipinski definition) is 1. The van der Waals surface area contributed by atoms with Crippen molar-refractivity contribution in [1.82, 2.24) is 0 Å². The van der Waals surface area contributed by atoms with Crippen molar-refractivity contribution in [3.63, 3.8) is 0 Å². The van der Waals surface area contributed by atoms with Gasteiger partial charge < -0.3 is 9.84 Å². The van der Waals surface area contributed by atoms with E-state index >= 15 is 0 Å². The first kappa shape index (κ1) is 41.1. The maximum Gasteiger partial charge on any atom is 0.305 e. The van der Waals surface area contributed by atoms with E-state index in [0.717, 1.165) is 31.6 Å². The molecule has 0 rings (SSSR count). The van der Waals surface area contributed by atoms with Gasteiger partial charge in [0.05, 0.1) is 6.61 Å². The molecular weight excluding hydrogens is 496 g/mol. The number of carboxylic acid groups (broad SMARTS) is 1. The zero-order valence-electron chi connectivity index (χ0n) is 27.8. The molecule has 0 aliphatic rings. The highest BCUT2D eigenvalue weighted by atomic mass is 16.5. The van der Waals surface area contributed by atoms with Crippen LogP contribution >= 0.6 is 0 Å². The molecule has 0 saturated carbocycles. The lowest BCUT2D eigenvalue weighted by molar-refractivity contribution is -0.144. The monoisotopic (exact) mass is 569 g/mol. The fourth-order valence-electron chi connectivity index (χ4n) is 4.96. The van der Waals surface area contributed by atoms with Crippen LogP contribution in [0.1, 0.15) is 207 Å². The van der Waals surface area contributed by atoms with Gasteiger partial charge in [0.25, 0.3) is 0 Å². The molecule has 240 valence electrons. The molecule has 0 atom stereocenters. The molecular formula is C36H72O4. The Balaban J connectivity index is 0. The summed E-state index contributed by atoms with van der Waals surface area (Å²) in [4.78, 5) is 21.7. The normalized spacial score (nSPS) is 10.9. The van der Waals surface area contributed by atoms with E-state index in [4.69, 9.17) is 9.84 Å². The minimum Gasteiger partial charge on any atom is -0.481 e. The molecule has 0 unspecified atom stereocenters. The van der Waals surface area contributed by atoms with E-state index in [1.165, 1.54) is 141 Å². The van der Waals surface area contributed by atoms with Crippen LogP contribution in [0.3, 0.4) is 0 Å². The first-order valence-electron chi connectivity index (χ1n) is 17.8. The van der Waals surface area contributed by atoms with Gasteiger partial charge in [-0.25, -0.2) is 0 Å². The van der Waals surface area contributed by atoms with Crippen molar-refractivity contribution in [2.45, 2.75) is 207 Å². The van der Waals surface area contributed by atoms with Crippen LogP contribution in [0.15, 0.2) is 0 Å². The number of rotatable bonds is 30. The van der Waals surface area contributed by atoms with E-state index in [9.17, 15) is 9.59 Å². The summed E-state index contributed by atoms with van der Waals surface area (Å²) < 4.78 is 5.33. The molecule has 40 heavy (non-hydrogen) atoms. The predicted octanol–water partition coefficient (Wildman–Crippen LogP) is 12.2. The summed E-state index contributed by atoms with van der Waals surface area (Å²) in [6, 6.07) is 0. The van der Waals surface area contributed by atoms with E-state index in [1.807, 2.05) is 0 Å². The lowest BCUT2D eigenvalue weighted by Gasteiger charge is -2.06. The summed E-state index contributed by atoms with van der Waals surface area (Å²) in [6.07, 6.45) is 34.3. The molecule has 0 radical (unpaired) electrons. The Morgan fingerprint density at radius 2 is 0.850 bits per heavy atom. The predicted molar refractivity (Wildman–Crippen MR) is 174 cm³/mol. The molecule has 0 aromatic rings. The van der Waals surface area contributed by atoms with E-state index in [0.29, 0.717) is 19.4 Å². The maximum absolute atomic E-state index is 11.6. The third kappa shape index (κ3) is 41.4. The molecule has 0 heterocycles. The summed E-state index contributed by atoms with van der Waals surface area (Å²) >= 11 is 0. The van der Waals surface area contributed by atoms with E-state index in [2.05, 4.69) is 27.7 Å². The molecule has 0 amide bonds. The fourth-order valence-corrected chi connectivity index (χ4v) is 4.96. The Labute approximate surface area is 251 Å². The lowest BCUT2D eigenvalue weighted by Crippen LogP contribution is -2.05.